The number of carbonyl (C=O) groups excluding carboxylic acids is 1. The molecule has 0 spiro atoms. The summed E-state index contributed by atoms with van der Waals surface area (Å²) in [6.45, 7) is 0. The minimum atomic E-state index is 0.00802. The van der Waals surface area contributed by atoms with Gasteiger partial charge in [0.05, 0.1) is 6.20 Å². The molecular weight excluding hydrogens is 270 g/mol. The van der Waals surface area contributed by atoms with Gasteiger partial charge < -0.3 is 4.42 Å². The topological polar surface area (TPSA) is 43.1 Å². The van der Waals surface area contributed by atoms with Gasteiger partial charge in [0, 0.05) is 11.3 Å². The molecular formula is C16H19NO2S. The summed E-state index contributed by atoms with van der Waals surface area (Å²) >= 11 is 1.89. The number of nitrogens with zero attached hydrogens (tertiary/aromatic N) is 1. The molecule has 0 N–H and O–H groups in total. The Morgan fingerprint density at radius 3 is 2.65 bits per heavy atom. The van der Waals surface area contributed by atoms with Gasteiger partial charge in [0.1, 0.15) is 6.26 Å². The Bertz CT molecular complexity index is 496. The molecule has 0 bridgehead atoms. The molecule has 2 aromatic rings. The molecule has 0 aliphatic heterocycles. The third-order valence-electron chi connectivity index (χ3n) is 2.98. The second-order valence-electron chi connectivity index (χ2n) is 4.59. The minimum absolute atomic E-state index is 0.00802. The monoisotopic (exact) mass is 289 g/mol. The van der Waals surface area contributed by atoms with E-state index in [0.29, 0.717) is 6.42 Å². The number of benzene rings is 1. The lowest BCUT2D eigenvalue weighted by atomic mass is 10.1. The number of oxazole rings is 1. The van der Waals surface area contributed by atoms with Gasteiger partial charge in [0.15, 0.2) is 0 Å². The van der Waals surface area contributed by atoms with Crippen molar-refractivity contribution in [2.45, 2.75) is 37.0 Å². The summed E-state index contributed by atoms with van der Waals surface area (Å²) in [5.74, 6) is 1.39. The van der Waals surface area contributed by atoms with Gasteiger partial charge in [-0.1, -0.05) is 31.0 Å². The van der Waals surface area contributed by atoms with E-state index in [-0.39, 0.29) is 11.7 Å². The van der Waals surface area contributed by atoms with Crippen molar-refractivity contribution in [2.75, 3.05) is 5.75 Å². The third-order valence-corrected chi connectivity index (χ3v) is 4.08. The fraction of sp³-hybridized carbons (Fsp3) is 0.375. The number of Topliss-reactive ketones (excluding diaryl/α,β-unsaturated/α-hetero) is 1. The highest BCUT2D eigenvalue weighted by atomic mass is 32.2. The number of aromatic nitrogens is 1. The second kappa shape index (κ2) is 8.59. The molecule has 20 heavy (non-hydrogen) atoms. The Morgan fingerprint density at radius 2 is 1.90 bits per heavy atom. The molecule has 0 fully saturated rings. The van der Waals surface area contributed by atoms with E-state index in [1.54, 1.807) is 0 Å². The van der Waals surface area contributed by atoms with Gasteiger partial charge >= 0.3 is 0 Å². The highest BCUT2D eigenvalue weighted by Crippen LogP contribution is 2.19. The number of ketones is 1. The van der Waals surface area contributed by atoms with Gasteiger partial charge in [-0.3, -0.25) is 4.79 Å². The zero-order valence-corrected chi connectivity index (χ0v) is 12.3. The van der Waals surface area contributed by atoms with Crippen LogP contribution in [0.25, 0.3) is 0 Å². The summed E-state index contributed by atoms with van der Waals surface area (Å²) in [5, 5.41) is 0. The molecule has 4 heteroatoms. The molecule has 0 aliphatic carbocycles. The molecule has 0 atom stereocenters. The van der Waals surface area contributed by atoms with Crippen LogP contribution in [0.1, 0.15) is 42.8 Å². The summed E-state index contributed by atoms with van der Waals surface area (Å²) in [5.41, 5.74) is 0. The van der Waals surface area contributed by atoms with Crippen LogP contribution in [-0.2, 0) is 0 Å². The van der Waals surface area contributed by atoms with Crippen molar-refractivity contribution in [2.24, 2.45) is 0 Å². The number of hydrogen-bond acceptors (Lipinski definition) is 4. The van der Waals surface area contributed by atoms with Crippen LogP contribution < -0.4 is 0 Å². The summed E-state index contributed by atoms with van der Waals surface area (Å²) < 4.78 is 4.98. The molecule has 2 rings (SSSR count). The predicted octanol–water partition coefficient (Wildman–Crippen LogP) is 4.60. The lowest BCUT2D eigenvalue weighted by molar-refractivity contribution is 0.0945. The van der Waals surface area contributed by atoms with E-state index < -0.39 is 0 Å². The molecule has 0 unspecified atom stereocenters. The maximum Gasteiger partial charge on any atom is 0.263 e. The fourth-order valence-electron chi connectivity index (χ4n) is 1.92. The predicted molar refractivity (Wildman–Crippen MR) is 81.1 cm³/mol. The van der Waals surface area contributed by atoms with Crippen molar-refractivity contribution in [1.29, 1.82) is 0 Å². The first kappa shape index (κ1) is 14.9. The zero-order chi connectivity index (χ0) is 14.0. The maximum atomic E-state index is 11.6. The molecule has 1 aromatic heterocycles. The van der Waals surface area contributed by atoms with Gasteiger partial charge in [-0.25, -0.2) is 4.98 Å². The SMILES string of the molecule is O=C(CCCCCCSc1ccccc1)c1ncco1. The first-order valence-corrected chi connectivity index (χ1v) is 7.95. The molecule has 3 nitrogen and oxygen atoms in total. The highest BCUT2D eigenvalue weighted by Gasteiger charge is 2.09. The zero-order valence-electron chi connectivity index (χ0n) is 11.5. The number of thioether (sulfide) groups is 1. The molecule has 0 aliphatic rings. The third kappa shape index (κ3) is 5.21. The van der Waals surface area contributed by atoms with Crippen LogP contribution >= 0.6 is 11.8 Å². The molecule has 1 heterocycles. The van der Waals surface area contributed by atoms with Crippen LogP contribution in [0.2, 0.25) is 0 Å². The number of hydrogen-bond donors (Lipinski definition) is 0. The molecule has 0 amide bonds. The normalized spacial score (nSPS) is 10.6. The van der Waals surface area contributed by atoms with E-state index in [2.05, 4.69) is 29.2 Å². The van der Waals surface area contributed by atoms with E-state index >= 15 is 0 Å². The average Bonchev–Trinajstić information content (AvgIpc) is 3.01. The van der Waals surface area contributed by atoms with Crippen LogP contribution in [0, 0.1) is 0 Å². The quantitative estimate of drug-likeness (QED) is 0.384. The summed E-state index contributed by atoms with van der Waals surface area (Å²) in [6.07, 6.45) is 7.83. The van der Waals surface area contributed by atoms with Gasteiger partial charge in [-0.05, 0) is 30.7 Å². The lowest BCUT2D eigenvalue weighted by Gasteiger charge is -2.01. The maximum absolute atomic E-state index is 11.6. The molecule has 1 aromatic carbocycles. The van der Waals surface area contributed by atoms with Gasteiger partial charge in [0.2, 0.25) is 5.78 Å². The van der Waals surface area contributed by atoms with Crippen LogP contribution in [0.4, 0.5) is 0 Å². The Balaban J connectivity index is 1.49. The number of carbonyl (C=O) groups is 1. The van der Waals surface area contributed by atoms with Crippen molar-refractivity contribution in [1.82, 2.24) is 4.98 Å². The Morgan fingerprint density at radius 1 is 1.10 bits per heavy atom. The van der Waals surface area contributed by atoms with E-state index in [4.69, 9.17) is 4.42 Å². The lowest BCUT2D eigenvalue weighted by Crippen LogP contribution is -1.98. The van der Waals surface area contributed by atoms with E-state index in [1.165, 1.54) is 30.2 Å². The van der Waals surface area contributed by atoms with Gasteiger partial charge in [0.25, 0.3) is 5.89 Å². The summed E-state index contributed by atoms with van der Waals surface area (Å²) in [7, 11) is 0. The first-order valence-electron chi connectivity index (χ1n) is 6.97. The van der Waals surface area contributed by atoms with Crippen LogP contribution in [0.5, 0.6) is 0 Å². The highest BCUT2D eigenvalue weighted by molar-refractivity contribution is 7.99. The fourth-order valence-corrected chi connectivity index (χ4v) is 2.85. The Kier molecular flexibility index (Phi) is 6.38. The number of rotatable bonds is 9. The van der Waals surface area contributed by atoms with Crippen molar-refractivity contribution < 1.29 is 9.21 Å². The molecule has 0 saturated carbocycles. The second-order valence-corrected chi connectivity index (χ2v) is 5.75. The Labute approximate surface area is 123 Å². The average molecular weight is 289 g/mol. The number of unbranched alkanes of at least 4 members (excludes halogenated alkanes) is 3. The summed E-state index contributed by atoms with van der Waals surface area (Å²) in [6, 6.07) is 10.4. The van der Waals surface area contributed by atoms with Crippen LogP contribution in [0.15, 0.2) is 52.1 Å². The van der Waals surface area contributed by atoms with E-state index in [1.807, 2.05) is 17.8 Å². The van der Waals surface area contributed by atoms with Gasteiger partial charge in [-0.15, -0.1) is 11.8 Å². The van der Waals surface area contributed by atoms with Crippen molar-refractivity contribution >= 4 is 17.5 Å². The van der Waals surface area contributed by atoms with Crippen LogP contribution in [-0.4, -0.2) is 16.5 Å². The van der Waals surface area contributed by atoms with E-state index in [9.17, 15) is 4.79 Å². The molecule has 106 valence electrons. The standard InChI is InChI=1S/C16H19NO2S/c18-15(16-17-11-12-19-16)10-6-1-2-7-13-20-14-8-4-3-5-9-14/h3-5,8-9,11-12H,1-2,6-7,10,13H2. The minimum Gasteiger partial charge on any atom is -0.442 e. The van der Waals surface area contributed by atoms with Crippen molar-refractivity contribution in [3.05, 3.63) is 48.7 Å². The Hall–Kier alpha value is -1.55. The van der Waals surface area contributed by atoms with E-state index in [0.717, 1.165) is 18.6 Å². The molecule has 0 saturated heterocycles. The first-order chi connectivity index (χ1) is 9.86. The summed E-state index contributed by atoms with van der Waals surface area (Å²) in [4.78, 5) is 16.8. The van der Waals surface area contributed by atoms with Crippen molar-refractivity contribution in [3.63, 3.8) is 0 Å². The smallest absolute Gasteiger partial charge is 0.263 e. The van der Waals surface area contributed by atoms with Gasteiger partial charge in [-0.2, -0.15) is 0 Å². The molecule has 0 radical (unpaired) electrons. The van der Waals surface area contributed by atoms with Crippen molar-refractivity contribution in [3.8, 4) is 0 Å². The van der Waals surface area contributed by atoms with Crippen LogP contribution in [0.3, 0.4) is 0 Å². The largest absolute Gasteiger partial charge is 0.442 e.